The number of guanidine groups is 1. The van der Waals surface area contributed by atoms with Crippen LogP contribution in [0.2, 0.25) is 0 Å². The van der Waals surface area contributed by atoms with Gasteiger partial charge in [0.2, 0.25) is 5.91 Å². The predicted octanol–water partition coefficient (Wildman–Crippen LogP) is 1.85. The van der Waals surface area contributed by atoms with Gasteiger partial charge >= 0.3 is 0 Å². The van der Waals surface area contributed by atoms with E-state index in [0.717, 1.165) is 50.0 Å². The number of fused-ring (bicyclic) bond motifs is 2. The minimum Gasteiger partial charge on any atom is -0.354 e. The predicted molar refractivity (Wildman–Crippen MR) is 117 cm³/mol. The van der Waals surface area contributed by atoms with E-state index in [1.807, 2.05) is 0 Å². The summed E-state index contributed by atoms with van der Waals surface area (Å²) in [4.78, 5) is 23.1. The molecular formula is C19H36IN5O. The molecule has 1 aliphatic heterocycles. The molecule has 6 nitrogen and oxygen atoms in total. The van der Waals surface area contributed by atoms with Crippen molar-refractivity contribution >= 4 is 35.8 Å². The first-order chi connectivity index (χ1) is 11.9. The molecule has 2 aliphatic carbocycles. The van der Waals surface area contributed by atoms with Gasteiger partial charge in [-0.3, -0.25) is 9.69 Å². The number of amides is 1. The summed E-state index contributed by atoms with van der Waals surface area (Å²) < 4.78 is 0. The molecule has 0 aromatic rings. The second-order valence-electron chi connectivity index (χ2n) is 8.49. The molecule has 1 heterocycles. The quantitative estimate of drug-likeness (QED) is 0.382. The summed E-state index contributed by atoms with van der Waals surface area (Å²) in [6.45, 7) is 8.70. The molecule has 0 aromatic heterocycles. The number of halogens is 1. The molecule has 2 bridgehead atoms. The van der Waals surface area contributed by atoms with E-state index < -0.39 is 0 Å². The summed E-state index contributed by atoms with van der Waals surface area (Å²) >= 11 is 0. The van der Waals surface area contributed by atoms with Crippen molar-refractivity contribution in [1.82, 2.24) is 20.0 Å². The van der Waals surface area contributed by atoms with Crippen LogP contribution >= 0.6 is 24.0 Å². The zero-order valence-corrected chi connectivity index (χ0v) is 19.1. The Labute approximate surface area is 175 Å². The molecule has 0 aromatic carbocycles. The summed E-state index contributed by atoms with van der Waals surface area (Å²) in [7, 11) is 3.56. The highest BCUT2D eigenvalue weighted by atomic mass is 127. The highest BCUT2D eigenvalue weighted by molar-refractivity contribution is 14.0. The minimum atomic E-state index is 0. The van der Waals surface area contributed by atoms with Crippen molar-refractivity contribution in [3.8, 4) is 0 Å². The van der Waals surface area contributed by atoms with Crippen molar-refractivity contribution in [3.63, 3.8) is 0 Å². The first kappa shape index (κ1) is 21.7. The van der Waals surface area contributed by atoms with Crippen LogP contribution in [0.25, 0.3) is 0 Å². The van der Waals surface area contributed by atoms with Crippen molar-refractivity contribution < 1.29 is 4.79 Å². The van der Waals surface area contributed by atoms with Gasteiger partial charge in [-0.2, -0.15) is 0 Å². The van der Waals surface area contributed by atoms with Crippen LogP contribution in [0.5, 0.6) is 0 Å². The van der Waals surface area contributed by atoms with Gasteiger partial charge in [-0.15, -0.1) is 24.0 Å². The van der Waals surface area contributed by atoms with Crippen molar-refractivity contribution in [2.45, 2.75) is 51.6 Å². The van der Waals surface area contributed by atoms with Crippen LogP contribution in [0.15, 0.2) is 4.99 Å². The van der Waals surface area contributed by atoms with Gasteiger partial charge in [0.1, 0.15) is 6.54 Å². The van der Waals surface area contributed by atoms with Crippen molar-refractivity contribution in [3.05, 3.63) is 0 Å². The molecule has 3 rings (SSSR count). The molecule has 3 unspecified atom stereocenters. The Bertz CT molecular complexity index is 502. The van der Waals surface area contributed by atoms with Crippen LogP contribution in [0.3, 0.4) is 0 Å². The Hall–Kier alpha value is -0.570. The summed E-state index contributed by atoms with van der Waals surface area (Å²) in [5.41, 5.74) is 0. The van der Waals surface area contributed by atoms with E-state index in [1.54, 1.807) is 19.0 Å². The SMILES string of the molecule is CC(C)NC(=NCC(=O)N(C)C)N1CCN(C2CC3CCC2C3)CC1.I. The Kier molecular flexibility index (Phi) is 8.00. The topological polar surface area (TPSA) is 51.2 Å². The van der Waals surface area contributed by atoms with Crippen molar-refractivity contribution in [2.75, 3.05) is 46.8 Å². The summed E-state index contributed by atoms with van der Waals surface area (Å²) in [5, 5.41) is 3.44. The second-order valence-corrected chi connectivity index (χ2v) is 8.49. The number of aliphatic imine (C=N–C) groups is 1. The minimum absolute atomic E-state index is 0. The Balaban J connectivity index is 0.00000243. The Morgan fingerprint density at radius 1 is 1.15 bits per heavy atom. The van der Waals surface area contributed by atoms with Crippen LogP contribution in [0, 0.1) is 11.8 Å². The van der Waals surface area contributed by atoms with E-state index in [9.17, 15) is 4.79 Å². The lowest BCUT2D eigenvalue weighted by atomic mass is 9.93. The third-order valence-corrected chi connectivity index (χ3v) is 6.06. The maximum atomic E-state index is 11.9. The molecule has 1 N–H and O–H groups in total. The molecule has 3 fully saturated rings. The normalized spacial score (nSPS) is 29.0. The number of nitrogens with zero attached hydrogens (tertiary/aromatic N) is 4. The molecule has 2 saturated carbocycles. The van der Waals surface area contributed by atoms with Gasteiger partial charge < -0.3 is 15.1 Å². The van der Waals surface area contributed by atoms with E-state index in [4.69, 9.17) is 0 Å². The molecule has 0 radical (unpaired) electrons. The second kappa shape index (κ2) is 9.57. The molecule has 150 valence electrons. The monoisotopic (exact) mass is 477 g/mol. The summed E-state index contributed by atoms with van der Waals surface area (Å²) in [5.74, 6) is 2.89. The number of hydrogen-bond acceptors (Lipinski definition) is 3. The van der Waals surface area contributed by atoms with E-state index in [-0.39, 0.29) is 36.4 Å². The average molecular weight is 477 g/mol. The van der Waals surface area contributed by atoms with E-state index >= 15 is 0 Å². The highest BCUT2D eigenvalue weighted by Gasteiger charge is 2.42. The zero-order chi connectivity index (χ0) is 18.0. The molecule has 3 aliphatic rings. The highest BCUT2D eigenvalue weighted by Crippen LogP contribution is 2.46. The third-order valence-electron chi connectivity index (χ3n) is 6.06. The number of piperazine rings is 1. The van der Waals surface area contributed by atoms with E-state index in [1.165, 1.54) is 25.7 Å². The lowest BCUT2D eigenvalue weighted by Gasteiger charge is -2.42. The smallest absolute Gasteiger partial charge is 0.243 e. The molecular weight excluding hydrogens is 441 g/mol. The van der Waals surface area contributed by atoms with Crippen LogP contribution < -0.4 is 5.32 Å². The van der Waals surface area contributed by atoms with E-state index in [0.29, 0.717) is 6.04 Å². The van der Waals surface area contributed by atoms with Gasteiger partial charge in [-0.25, -0.2) is 4.99 Å². The van der Waals surface area contributed by atoms with Gasteiger partial charge in [0.05, 0.1) is 0 Å². The largest absolute Gasteiger partial charge is 0.354 e. The molecule has 26 heavy (non-hydrogen) atoms. The average Bonchev–Trinajstić information content (AvgIpc) is 3.21. The molecule has 1 saturated heterocycles. The van der Waals surface area contributed by atoms with Gasteiger partial charge in [0.15, 0.2) is 5.96 Å². The Morgan fingerprint density at radius 2 is 1.85 bits per heavy atom. The number of carbonyl (C=O) groups excluding carboxylic acids is 1. The lowest BCUT2D eigenvalue weighted by Crippen LogP contribution is -2.56. The first-order valence-corrected chi connectivity index (χ1v) is 9.94. The molecule has 3 atom stereocenters. The molecule has 7 heteroatoms. The summed E-state index contributed by atoms with van der Waals surface area (Å²) in [6.07, 6.45) is 5.81. The maximum absolute atomic E-state index is 11.9. The van der Waals surface area contributed by atoms with Crippen molar-refractivity contribution in [2.24, 2.45) is 16.8 Å². The fraction of sp³-hybridized carbons (Fsp3) is 0.895. The van der Waals surface area contributed by atoms with Crippen LogP contribution in [0.4, 0.5) is 0 Å². The number of hydrogen-bond donors (Lipinski definition) is 1. The van der Waals surface area contributed by atoms with Gasteiger partial charge in [-0.05, 0) is 44.9 Å². The fourth-order valence-corrected chi connectivity index (χ4v) is 4.70. The van der Waals surface area contributed by atoms with Crippen LogP contribution in [-0.4, -0.2) is 85.5 Å². The number of likely N-dealkylation sites (N-methyl/N-ethyl adjacent to an activating group) is 1. The number of carbonyl (C=O) groups is 1. The lowest BCUT2D eigenvalue weighted by molar-refractivity contribution is -0.127. The van der Waals surface area contributed by atoms with Gasteiger partial charge in [0.25, 0.3) is 0 Å². The van der Waals surface area contributed by atoms with Gasteiger partial charge in [-0.1, -0.05) is 6.42 Å². The van der Waals surface area contributed by atoms with E-state index in [2.05, 4.69) is 34.0 Å². The van der Waals surface area contributed by atoms with Gasteiger partial charge in [0, 0.05) is 52.4 Å². The Morgan fingerprint density at radius 3 is 2.35 bits per heavy atom. The fourth-order valence-electron chi connectivity index (χ4n) is 4.70. The third kappa shape index (κ3) is 5.24. The van der Waals surface area contributed by atoms with Crippen molar-refractivity contribution in [1.29, 1.82) is 0 Å². The summed E-state index contributed by atoms with van der Waals surface area (Å²) in [6, 6.07) is 1.14. The van der Waals surface area contributed by atoms with Crippen LogP contribution in [-0.2, 0) is 4.79 Å². The molecule has 0 spiro atoms. The first-order valence-electron chi connectivity index (χ1n) is 9.94. The zero-order valence-electron chi connectivity index (χ0n) is 16.8. The maximum Gasteiger partial charge on any atom is 0.243 e. The number of rotatable bonds is 4. The van der Waals surface area contributed by atoms with Crippen LogP contribution in [0.1, 0.15) is 39.5 Å². The number of nitrogens with one attached hydrogen (secondary N) is 1. The molecule has 1 amide bonds. The standard InChI is InChI=1S/C19H35N5O.HI/c1-14(2)21-19(20-13-18(25)22(3)4)24-9-7-23(8-10-24)17-12-15-5-6-16(17)11-15;/h14-17H,5-13H2,1-4H3,(H,20,21);1H.